The van der Waals surface area contributed by atoms with E-state index in [0.717, 1.165) is 12.2 Å². The average Bonchev–Trinajstić information content (AvgIpc) is 2.40. The summed E-state index contributed by atoms with van der Waals surface area (Å²) in [6.07, 6.45) is 0.0629. The van der Waals surface area contributed by atoms with E-state index in [1.165, 1.54) is 5.56 Å². The van der Waals surface area contributed by atoms with Crippen molar-refractivity contribution in [1.82, 2.24) is 15.3 Å². The third-order valence-corrected chi connectivity index (χ3v) is 2.68. The van der Waals surface area contributed by atoms with Gasteiger partial charge in [0.15, 0.2) is 0 Å². The highest BCUT2D eigenvalue weighted by Gasteiger charge is 2.07. The Morgan fingerprint density at radius 3 is 2.48 bits per heavy atom. The van der Waals surface area contributed by atoms with Crippen LogP contribution in [0.3, 0.4) is 0 Å². The summed E-state index contributed by atoms with van der Waals surface area (Å²) in [5.41, 5.74) is 2.00. The van der Waals surface area contributed by atoms with E-state index in [4.69, 9.17) is 9.47 Å². The molecule has 0 radical (unpaired) electrons. The number of benzene rings is 1. The minimum Gasteiger partial charge on any atom is -0.475 e. The van der Waals surface area contributed by atoms with Crippen LogP contribution in [0.1, 0.15) is 25.1 Å². The lowest BCUT2D eigenvalue weighted by molar-refractivity contribution is 0.229. The van der Waals surface area contributed by atoms with Crippen LogP contribution < -0.4 is 14.8 Å². The van der Waals surface area contributed by atoms with Gasteiger partial charge in [-0.05, 0) is 45.5 Å². The lowest BCUT2D eigenvalue weighted by Crippen LogP contribution is -2.08. The van der Waals surface area contributed by atoms with Gasteiger partial charge in [0.25, 0.3) is 0 Å². The molecule has 0 aliphatic heterocycles. The van der Waals surface area contributed by atoms with E-state index in [1.807, 2.05) is 52.1 Å². The summed E-state index contributed by atoms with van der Waals surface area (Å²) in [7, 11) is 1.92. The molecule has 0 atom stereocenters. The zero-order valence-corrected chi connectivity index (χ0v) is 12.9. The Morgan fingerprint density at radius 1 is 1.14 bits per heavy atom. The van der Waals surface area contributed by atoms with Crippen molar-refractivity contribution in [2.45, 2.75) is 33.4 Å². The Morgan fingerprint density at radius 2 is 1.86 bits per heavy atom. The Labute approximate surface area is 125 Å². The topological polar surface area (TPSA) is 56.3 Å². The summed E-state index contributed by atoms with van der Waals surface area (Å²) in [5, 5.41) is 3.10. The van der Waals surface area contributed by atoms with Gasteiger partial charge in [-0.2, -0.15) is 9.97 Å². The predicted molar refractivity (Wildman–Crippen MR) is 81.8 cm³/mol. The van der Waals surface area contributed by atoms with Gasteiger partial charge in [-0.25, -0.2) is 0 Å². The molecule has 2 rings (SSSR count). The predicted octanol–water partition coefficient (Wildman–Crippen LogP) is 3.08. The average molecular weight is 287 g/mol. The minimum atomic E-state index is 0.0629. The molecule has 0 aliphatic rings. The van der Waals surface area contributed by atoms with Crippen LogP contribution in [0.4, 0.5) is 0 Å². The Bertz CT molecular complexity index is 583. The molecule has 0 amide bonds. The normalized spacial score (nSPS) is 10.7. The third kappa shape index (κ3) is 4.72. The number of nitrogens with zero attached hydrogens (tertiary/aromatic N) is 2. The molecule has 1 heterocycles. The molecule has 0 unspecified atom stereocenters. The third-order valence-electron chi connectivity index (χ3n) is 2.68. The highest BCUT2D eigenvalue weighted by Crippen LogP contribution is 2.21. The fourth-order valence-electron chi connectivity index (χ4n) is 1.85. The summed E-state index contributed by atoms with van der Waals surface area (Å²) in [6.45, 7) is 6.63. The number of hydrogen-bond donors (Lipinski definition) is 1. The molecule has 0 saturated carbocycles. The van der Waals surface area contributed by atoms with Gasteiger partial charge in [-0.15, -0.1) is 0 Å². The highest BCUT2D eigenvalue weighted by molar-refractivity contribution is 5.30. The first-order chi connectivity index (χ1) is 10.1. The fourth-order valence-corrected chi connectivity index (χ4v) is 1.85. The minimum absolute atomic E-state index is 0.0629. The number of nitrogens with one attached hydrogen (secondary N) is 1. The van der Waals surface area contributed by atoms with Crippen molar-refractivity contribution in [3.8, 4) is 17.6 Å². The van der Waals surface area contributed by atoms with Crippen LogP contribution in [0, 0.1) is 6.92 Å². The van der Waals surface area contributed by atoms with E-state index in [-0.39, 0.29) is 6.10 Å². The zero-order valence-electron chi connectivity index (χ0n) is 12.9. The van der Waals surface area contributed by atoms with E-state index >= 15 is 0 Å². The van der Waals surface area contributed by atoms with Gasteiger partial charge in [-0.3, -0.25) is 0 Å². The standard InChI is InChI=1S/C16H21N3O2/c1-11(2)20-15-9-12(3)18-16(19-15)21-14-7-5-13(6-8-14)10-17-4/h5-9,11,17H,10H2,1-4H3. The smallest absolute Gasteiger partial charge is 0.325 e. The molecule has 0 fully saturated rings. The highest BCUT2D eigenvalue weighted by atomic mass is 16.5. The van der Waals surface area contributed by atoms with E-state index in [0.29, 0.717) is 17.6 Å². The van der Waals surface area contributed by atoms with Crippen LogP contribution in [0.2, 0.25) is 0 Å². The van der Waals surface area contributed by atoms with Crippen molar-refractivity contribution in [2.75, 3.05) is 7.05 Å². The fraction of sp³-hybridized carbons (Fsp3) is 0.375. The SMILES string of the molecule is CNCc1ccc(Oc2nc(C)cc(OC(C)C)n2)cc1. The molecule has 5 heteroatoms. The molecule has 0 aliphatic carbocycles. The molecule has 1 aromatic heterocycles. The van der Waals surface area contributed by atoms with Crippen molar-refractivity contribution in [3.05, 3.63) is 41.6 Å². The first-order valence-electron chi connectivity index (χ1n) is 7.00. The van der Waals surface area contributed by atoms with Crippen molar-refractivity contribution < 1.29 is 9.47 Å². The lowest BCUT2D eigenvalue weighted by atomic mass is 10.2. The summed E-state index contributed by atoms with van der Waals surface area (Å²) < 4.78 is 11.3. The Hall–Kier alpha value is -2.14. The van der Waals surface area contributed by atoms with E-state index in [9.17, 15) is 0 Å². The maximum atomic E-state index is 5.69. The molecule has 1 aromatic carbocycles. The first kappa shape index (κ1) is 15.3. The molecule has 0 saturated heterocycles. The molecule has 0 bridgehead atoms. The monoisotopic (exact) mass is 287 g/mol. The number of ether oxygens (including phenoxy) is 2. The van der Waals surface area contributed by atoms with E-state index in [1.54, 1.807) is 6.07 Å². The van der Waals surface area contributed by atoms with Crippen molar-refractivity contribution >= 4 is 0 Å². The number of aromatic nitrogens is 2. The number of hydrogen-bond acceptors (Lipinski definition) is 5. The van der Waals surface area contributed by atoms with Crippen LogP contribution in [0.5, 0.6) is 17.6 Å². The second-order valence-corrected chi connectivity index (χ2v) is 5.07. The second-order valence-electron chi connectivity index (χ2n) is 5.07. The quantitative estimate of drug-likeness (QED) is 0.884. The second kappa shape index (κ2) is 7.04. The molecule has 0 spiro atoms. The van der Waals surface area contributed by atoms with Gasteiger partial charge in [-0.1, -0.05) is 12.1 Å². The van der Waals surface area contributed by atoms with Crippen LogP contribution >= 0.6 is 0 Å². The molecule has 112 valence electrons. The van der Waals surface area contributed by atoms with Crippen LogP contribution in [0.25, 0.3) is 0 Å². The van der Waals surface area contributed by atoms with Crippen LogP contribution in [0.15, 0.2) is 30.3 Å². The molecule has 5 nitrogen and oxygen atoms in total. The summed E-state index contributed by atoms with van der Waals surface area (Å²) >= 11 is 0. The van der Waals surface area contributed by atoms with Crippen molar-refractivity contribution in [1.29, 1.82) is 0 Å². The zero-order chi connectivity index (χ0) is 15.2. The Balaban J connectivity index is 2.12. The van der Waals surface area contributed by atoms with Gasteiger partial charge in [0, 0.05) is 18.3 Å². The van der Waals surface area contributed by atoms with Gasteiger partial charge < -0.3 is 14.8 Å². The largest absolute Gasteiger partial charge is 0.475 e. The summed E-state index contributed by atoms with van der Waals surface area (Å²) in [4.78, 5) is 8.53. The summed E-state index contributed by atoms with van der Waals surface area (Å²) in [5.74, 6) is 1.23. The van der Waals surface area contributed by atoms with Gasteiger partial charge >= 0.3 is 6.01 Å². The maximum absolute atomic E-state index is 5.69. The molecular weight excluding hydrogens is 266 g/mol. The molecule has 2 aromatic rings. The lowest BCUT2D eigenvalue weighted by Gasteiger charge is -2.11. The van der Waals surface area contributed by atoms with Gasteiger partial charge in [0.1, 0.15) is 5.75 Å². The number of aryl methyl sites for hydroxylation is 1. The molecule has 1 N–H and O–H groups in total. The van der Waals surface area contributed by atoms with E-state index < -0.39 is 0 Å². The van der Waals surface area contributed by atoms with E-state index in [2.05, 4.69) is 15.3 Å². The van der Waals surface area contributed by atoms with Crippen molar-refractivity contribution in [2.24, 2.45) is 0 Å². The van der Waals surface area contributed by atoms with Gasteiger partial charge in [0.05, 0.1) is 6.10 Å². The van der Waals surface area contributed by atoms with Crippen LogP contribution in [-0.4, -0.2) is 23.1 Å². The molecular formula is C16H21N3O2. The Kier molecular flexibility index (Phi) is 5.11. The van der Waals surface area contributed by atoms with Crippen molar-refractivity contribution in [3.63, 3.8) is 0 Å². The van der Waals surface area contributed by atoms with Gasteiger partial charge in [0.2, 0.25) is 5.88 Å². The summed E-state index contributed by atoms with van der Waals surface area (Å²) in [6, 6.07) is 9.92. The molecule has 21 heavy (non-hydrogen) atoms. The van der Waals surface area contributed by atoms with Crippen LogP contribution in [-0.2, 0) is 6.54 Å². The maximum Gasteiger partial charge on any atom is 0.325 e. The number of rotatable bonds is 6. The first-order valence-corrected chi connectivity index (χ1v) is 7.00.